The predicted octanol–water partition coefficient (Wildman–Crippen LogP) is 3.75. The average Bonchev–Trinajstić information content (AvgIpc) is 3.04. The standard InChI is InChI=1S/C14H18N2S/c1-2-15-13(7-10-3-4-10)11-8-14-12(16-9-11)5-6-17-14/h5-6,8-10,13,15H,2-4,7H2,1H3. The van der Waals surface area contributed by atoms with Gasteiger partial charge in [0.1, 0.15) is 0 Å². The number of pyridine rings is 1. The monoisotopic (exact) mass is 246 g/mol. The summed E-state index contributed by atoms with van der Waals surface area (Å²) in [7, 11) is 0. The molecular weight excluding hydrogens is 228 g/mol. The Bertz CT molecular complexity index is 502. The highest BCUT2D eigenvalue weighted by atomic mass is 32.1. The Morgan fingerprint density at radius 3 is 3.18 bits per heavy atom. The summed E-state index contributed by atoms with van der Waals surface area (Å²) in [6.07, 6.45) is 6.14. The average molecular weight is 246 g/mol. The van der Waals surface area contributed by atoms with Crippen LogP contribution in [0.1, 0.15) is 37.8 Å². The molecule has 2 heterocycles. The third-order valence-corrected chi connectivity index (χ3v) is 4.30. The molecule has 0 aliphatic heterocycles. The second-order valence-corrected chi connectivity index (χ2v) is 5.81. The van der Waals surface area contributed by atoms with E-state index in [9.17, 15) is 0 Å². The van der Waals surface area contributed by atoms with Gasteiger partial charge in [-0.05, 0) is 42.0 Å². The molecule has 2 aromatic heterocycles. The Kier molecular flexibility index (Phi) is 3.12. The highest BCUT2D eigenvalue weighted by Crippen LogP contribution is 2.38. The van der Waals surface area contributed by atoms with Gasteiger partial charge in [0.15, 0.2) is 0 Å². The van der Waals surface area contributed by atoms with Crippen LogP contribution in [0, 0.1) is 5.92 Å². The number of nitrogens with zero attached hydrogens (tertiary/aromatic N) is 1. The van der Waals surface area contributed by atoms with Crippen LogP contribution in [0.25, 0.3) is 10.2 Å². The molecule has 0 spiro atoms. The summed E-state index contributed by atoms with van der Waals surface area (Å²) in [5.41, 5.74) is 2.48. The van der Waals surface area contributed by atoms with Gasteiger partial charge in [0.25, 0.3) is 0 Å². The zero-order chi connectivity index (χ0) is 11.7. The van der Waals surface area contributed by atoms with Crippen molar-refractivity contribution < 1.29 is 0 Å². The minimum Gasteiger partial charge on any atom is -0.310 e. The van der Waals surface area contributed by atoms with E-state index in [1.807, 2.05) is 6.20 Å². The van der Waals surface area contributed by atoms with Gasteiger partial charge >= 0.3 is 0 Å². The number of hydrogen-bond acceptors (Lipinski definition) is 3. The Balaban J connectivity index is 1.86. The molecule has 0 radical (unpaired) electrons. The van der Waals surface area contributed by atoms with Crippen molar-refractivity contribution >= 4 is 21.6 Å². The molecule has 1 aliphatic rings. The highest BCUT2D eigenvalue weighted by molar-refractivity contribution is 7.17. The molecule has 2 aromatic rings. The lowest BCUT2D eigenvalue weighted by Gasteiger charge is -2.17. The zero-order valence-electron chi connectivity index (χ0n) is 10.1. The molecule has 0 aromatic carbocycles. The van der Waals surface area contributed by atoms with Gasteiger partial charge in [0.2, 0.25) is 0 Å². The molecule has 0 amide bonds. The van der Waals surface area contributed by atoms with Crippen molar-refractivity contribution in [1.29, 1.82) is 0 Å². The Labute approximate surface area is 106 Å². The van der Waals surface area contributed by atoms with Crippen LogP contribution in [0.15, 0.2) is 23.7 Å². The van der Waals surface area contributed by atoms with Crippen LogP contribution in [0.5, 0.6) is 0 Å². The molecule has 1 N–H and O–H groups in total. The third kappa shape index (κ3) is 2.50. The molecule has 2 nitrogen and oxygen atoms in total. The van der Waals surface area contributed by atoms with Gasteiger partial charge < -0.3 is 5.32 Å². The lowest BCUT2D eigenvalue weighted by atomic mass is 10.0. The molecule has 90 valence electrons. The number of aromatic nitrogens is 1. The zero-order valence-corrected chi connectivity index (χ0v) is 11.0. The fraction of sp³-hybridized carbons (Fsp3) is 0.500. The number of thiophene rings is 1. The minimum absolute atomic E-state index is 0.492. The van der Waals surface area contributed by atoms with Crippen LogP contribution in [-0.4, -0.2) is 11.5 Å². The predicted molar refractivity (Wildman–Crippen MR) is 73.4 cm³/mol. The highest BCUT2D eigenvalue weighted by Gasteiger charge is 2.26. The molecule has 1 atom stereocenters. The Morgan fingerprint density at radius 2 is 2.41 bits per heavy atom. The number of hydrogen-bond donors (Lipinski definition) is 1. The van der Waals surface area contributed by atoms with Crippen molar-refractivity contribution in [2.24, 2.45) is 5.92 Å². The summed E-state index contributed by atoms with van der Waals surface area (Å²) >= 11 is 1.78. The molecule has 3 heteroatoms. The number of rotatable bonds is 5. The molecule has 3 rings (SSSR count). The molecule has 0 saturated heterocycles. The SMILES string of the molecule is CCNC(CC1CC1)c1cnc2ccsc2c1. The van der Waals surface area contributed by atoms with Crippen LogP contribution in [0.4, 0.5) is 0 Å². The lowest BCUT2D eigenvalue weighted by Crippen LogP contribution is -2.21. The van der Waals surface area contributed by atoms with Crippen molar-refractivity contribution in [2.75, 3.05) is 6.54 Å². The van der Waals surface area contributed by atoms with E-state index in [-0.39, 0.29) is 0 Å². The second kappa shape index (κ2) is 4.75. The Morgan fingerprint density at radius 1 is 1.53 bits per heavy atom. The van der Waals surface area contributed by atoms with Crippen LogP contribution in [0.3, 0.4) is 0 Å². The van der Waals surface area contributed by atoms with Crippen molar-refractivity contribution in [2.45, 2.75) is 32.2 Å². The summed E-state index contributed by atoms with van der Waals surface area (Å²) in [4.78, 5) is 4.54. The van der Waals surface area contributed by atoms with Gasteiger partial charge in [0, 0.05) is 12.2 Å². The third-order valence-electron chi connectivity index (χ3n) is 3.44. The number of fused-ring (bicyclic) bond motifs is 1. The van der Waals surface area contributed by atoms with E-state index in [1.165, 1.54) is 29.5 Å². The van der Waals surface area contributed by atoms with Crippen molar-refractivity contribution in [3.8, 4) is 0 Å². The summed E-state index contributed by atoms with van der Waals surface area (Å²) in [5, 5.41) is 5.71. The van der Waals surface area contributed by atoms with E-state index in [2.05, 4.69) is 34.7 Å². The van der Waals surface area contributed by atoms with Gasteiger partial charge in [0.05, 0.1) is 10.2 Å². The van der Waals surface area contributed by atoms with E-state index < -0.39 is 0 Å². The largest absolute Gasteiger partial charge is 0.310 e. The fourth-order valence-corrected chi connectivity index (χ4v) is 3.11. The summed E-state index contributed by atoms with van der Waals surface area (Å²) in [5.74, 6) is 0.943. The van der Waals surface area contributed by atoms with Crippen molar-refractivity contribution in [3.05, 3.63) is 29.3 Å². The van der Waals surface area contributed by atoms with E-state index >= 15 is 0 Å². The van der Waals surface area contributed by atoms with Crippen LogP contribution >= 0.6 is 11.3 Å². The van der Waals surface area contributed by atoms with E-state index in [4.69, 9.17) is 0 Å². The summed E-state index contributed by atoms with van der Waals surface area (Å²) < 4.78 is 1.31. The first kappa shape index (κ1) is 11.2. The van der Waals surface area contributed by atoms with Gasteiger partial charge in [-0.25, -0.2) is 0 Å². The smallest absolute Gasteiger partial charge is 0.0809 e. The maximum Gasteiger partial charge on any atom is 0.0809 e. The normalized spacial score (nSPS) is 17.5. The van der Waals surface area contributed by atoms with Gasteiger partial charge in [-0.1, -0.05) is 19.8 Å². The minimum atomic E-state index is 0.492. The van der Waals surface area contributed by atoms with E-state index in [0.29, 0.717) is 6.04 Å². The number of nitrogens with one attached hydrogen (secondary N) is 1. The molecule has 1 fully saturated rings. The first-order valence-corrected chi connectivity index (χ1v) is 7.31. The van der Waals surface area contributed by atoms with Crippen molar-refractivity contribution in [3.63, 3.8) is 0 Å². The first-order valence-electron chi connectivity index (χ1n) is 6.43. The maximum absolute atomic E-state index is 4.54. The molecule has 1 aliphatic carbocycles. The topological polar surface area (TPSA) is 24.9 Å². The van der Waals surface area contributed by atoms with E-state index in [1.54, 1.807) is 11.3 Å². The molecule has 1 unspecified atom stereocenters. The molecular formula is C14H18N2S. The van der Waals surface area contributed by atoms with Crippen molar-refractivity contribution in [1.82, 2.24) is 10.3 Å². The van der Waals surface area contributed by atoms with Gasteiger partial charge in [-0.2, -0.15) is 0 Å². The quantitative estimate of drug-likeness (QED) is 0.869. The van der Waals surface area contributed by atoms with Crippen LogP contribution in [0.2, 0.25) is 0 Å². The molecule has 1 saturated carbocycles. The second-order valence-electron chi connectivity index (χ2n) is 4.86. The van der Waals surface area contributed by atoms with Gasteiger partial charge in [-0.3, -0.25) is 4.98 Å². The maximum atomic E-state index is 4.54. The van der Waals surface area contributed by atoms with Gasteiger partial charge in [-0.15, -0.1) is 11.3 Å². The van der Waals surface area contributed by atoms with Crippen LogP contribution < -0.4 is 5.32 Å². The summed E-state index contributed by atoms with van der Waals surface area (Å²) in [6.45, 7) is 3.21. The van der Waals surface area contributed by atoms with E-state index in [0.717, 1.165) is 18.0 Å². The molecule has 0 bridgehead atoms. The Hall–Kier alpha value is -0.930. The summed E-state index contributed by atoms with van der Waals surface area (Å²) in [6, 6.07) is 4.89. The fourth-order valence-electron chi connectivity index (χ4n) is 2.32. The molecule has 17 heavy (non-hydrogen) atoms. The van der Waals surface area contributed by atoms with Crippen LogP contribution in [-0.2, 0) is 0 Å². The first-order chi connectivity index (χ1) is 8.36. The lowest BCUT2D eigenvalue weighted by molar-refractivity contribution is 0.486.